The van der Waals surface area contributed by atoms with Crippen LogP contribution in [0.5, 0.6) is 11.5 Å². The van der Waals surface area contributed by atoms with Crippen LogP contribution in [-0.2, 0) is 0 Å². The van der Waals surface area contributed by atoms with Crippen molar-refractivity contribution in [3.8, 4) is 11.5 Å². The van der Waals surface area contributed by atoms with Crippen molar-refractivity contribution < 1.29 is 13.9 Å². The fraction of sp³-hybridized carbons (Fsp3) is 0.316. The van der Waals surface area contributed by atoms with Crippen molar-refractivity contribution >= 4 is 28.7 Å². The average molecular weight is 375 g/mol. The van der Waals surface area contributed by atoms with Gasteiger partial charge in [0.2, 0.25) is 0 Å². The van der Waals surface area contributed by atoms with Gasteiger partial charge in [0.05, 0.1) is 14.2 Å². The van der Waals surface area contributed by atoms with E-state index in [0.29, 0.717) is 16.6 Å². The molecule has 1 heterocycles. The molecule has 1 aliphatic rings. The van der Waals surface area contributed by atoms with Gasteiger partial charge < -0.3 is 24.6 Å². The Morgan fingerprint density at radius 3 is 2.08 bits per heavy atom. The van der Waals surface area contributed by atoms with E-state index < -0.39 is 0 Å². The van der Waals surface area contributed by atoms with E-state index in [1.807, 2.05) is 30.3 Å². The Morgan fingerprint density at radius 2 is 1.54 bits per heavy atom. The quantitative estimate of drug-likeness (QED) is 0.826. The maximum Gasteiger partial charge on any atom is 0.173 e. The van der Waals surface area contributed by atoms with Gasteiger partial charge in [-0.15, -0.1) is 0 Å². The molecule has 1 N–H and O–H groups in total. The summed E-state index contributed by atoms with van der Waals surface area (Å²) in [5.74, 6) is 1.19. The summed E-state index contributed by atoms with van der Waals surface area (Å²) in [6, 6.07) is 12.2. The van der Waals surface area contributed by atoms with Crippen LogP contribution in [0.3, 0.4) is 0 Å². The summed E-state index contributed by atoms with van der Waals surface area (Å²) in [7, 11) is 3.23. The summed E-state index contributed by atoms with van der Waals surface area (Å²) in [4.78, 5) is 4.36. The molecule has 0 radical (unpaired) electrons. The van der Waals surface area contributed by atoms with E-state index in [0.717, 1.165) is 37.6 Å². The van der Waals surface area contributed by atoms with Crippen LogP contribution in [0.25, 0.3) is 0 Å². The molecule has 2 aromatic carbocycles. The smallest absolute Gasteiger partial charge is 0.173 e. The lowest BCUT2D eigenvalue weighted by atomic mass is 10.2. The number of rotatable bonds is 4. The lowest BCUT2D eigenvalue weighted by molar-refractivity contribution is 0.390. The Morgan fingerprint density at radius 1 is 0.962 bits per heavy atom. The summed E-state index contributed by atoms with van der Waals surface area (Å²) >= 11 is 5.55. The lowest BCUT2D eigenvalue weighted by Crippen LogP contribution is -2.50. The maximum absolute atomic E-state index is 13.1. The Kier molecular flexibility index (Phi) is 5.78. The average Bonchev–Trinajstić information content (AvgIpc) is 2.68. The van der Waals surface area contributed by atoms with Gasteiger partial charge in [-0.3, -0.25) is 0 Å². The fourth-order valence-corrected chi connectivity index (χ4v) is 3.20. The van der Waals surface area contributed by atoms with Crippen LogP contribution in [-0.4, -0.2) is 50.4 Å². The van der Waals surface area contributed by atoms with Crippen molar-refractivity contribution in [2.45, 2.75) is 0 Å². The first-order chi connectivity index (χ1) is 12.6. The van der Waals surface area contributed by atoms with Gasteiger partial charge in [0.1, 0.15) is 17.3 Å². The van der Waals surface area contributed by atoms with Crippen LogP contribution in [0, 0.1) is 5.82 Å². The van der Waals surface area contributed by atoms with Gasteiger partial charge in [0.15, 0.2) is 5.11 Å². The Labute approximate surface area is 158 Å². The van der Waals surface area contributed by atoms with E-state index in [2.05, 4.69) is 15.1 Å². The van der Waals surface area contributed by atoms with Crippen molar-refractivity contribution in [3.05, 3.63) is 48.3 Å². The molecule has 0 bridgehead atoms. The second-order valence-electron chi connectivity index (χ2n) is 5.98. The molecule has 2 aromatic rings. The number of hydrogen-bond donors (Lipinski definition) is 1. The number of hydrogen-bond acceptors (Lipinski definition) is 4. The van der Waals surface area contributed by atoms with Crippen molar-refractivity contribution in [1.29, 1.82) is 0 Å². The number of methoxy groups -OCH3 is 2. The third kappa shape index (κ3) is 4.35. The van der Waals surface area contributed by atoms with E-state index in [4.69, 9.17) is 21.7 Å². The summed E-state index contributed by atoms with van der Waals surface area (Å²) in [6.07, 6.45) is 0. The molecule has 1 saturated heterocycles. The molecule has 1 fully saturated rings. The highest BCUT2D eigenvalue weighted by Gasteiger charge is 2.19. The number of benzene rings is 2. The summed E-state index contributed by atoms with van der Waals surface area (Å²) in [5.41, 5.74) is 1.86. The number of halogens is 1. The molecule has 0 unspecified atom stereocenters. The second-order valence-corrected chi connectivity index (χ2v) is 6.37. The van der Waals surface area contributed by atoms with Gasteiger partial charge in [-0.25, -0.2) is 4.39 Å². The van der Waals surface area contributed by atoms with Crippen LogP contribution in [0.4, 0.5) is 15.8 Å². The van der Waals surface area contributed by atoms with Crippen molar-refractivity contribution in [2.75, 3.05) is 50.6 Å². The van der Waals surface area contributed by atoms with Crippen LogP contribution < -0.4 is 19.7 Å². The van der Waals surface area contributed by atoms with E-state index in [9.17, 15) is 4.39 Å². The standard InChI is InChI=1S/C19H22FN3O2S/c1-24-17-11-15(12-18(13-17)25-2)21-19(26)23-9-7-22(8-10-23)16-5-3-14(20)4-6-16/h3-6,11-13H,7-10H2,1-2H3,(H,21,26). The molecule has 5 nitrogen and oxygen atoms in total. The van der Waals surface area contributed by atoms with Crippen molar-refractivity contribution in [2.24, 2.45) is 0 Å². The second kappa shape index (κ2) is 8.23. The normalized spacial score (nSPS) is 14.1. The lowest BCUT2D eigenvalue weighted by Gasteiger charge is -2.37. The summed E-state index contributed by atoms with van der Waals surface area (Å²) in [6.45, 7) is 3.25. The van der Waals surface area contributed by atoms with E-state index in [1.54, 1.807) is 14.2 Å². The first-order valence-electron chi connectivity index (χ1n) is 8.38. The minimum Gasteiger partial charge on any atom is -0.497 e. The number of anilines is 2. The van der Waals surface area contributed by atoms with E-state index in [-0.39, 0.29) is 5.82 Å². The molecule has 0 spiro atoms. The molecule has 7 heteroatoms. The van der Waals surface area contributed by atoms with E-state index in [1.165, 1.54) is 12.1 Å². The van der Waals surface area contributed by atoms with Crippen molar-refractivity contribution in [3.63, 3.8) is 0 Å². The van der Waals surface area contributed by atoms with Gasteiger partial charge in [0.25, 0.3) is 0 Å². The molecule has 26 heavy (non-hydrogen) atoms. The van der Waals surface area contributed by atoms with Crippen LogP contribution in [0.1, 0.15) is 0 Å². The van der Waals surface area contributed by atoms with Gasteiger partial charge in [-0.05, 0) is 36.5 Å². The zero-order valence-corrected chi connectivity index (χ0v) is 15.7. The highest BCUT2D eigenvalue weighted by atomic mass is 32.1. The SMILES string of the molecule is COc1cc(NC(=S)N2CCN(c3ccc(F)cc3)CC2)cc(OC)c1. The third-order valence-corrected chi connectivity index (χ3v) is 4.72. The molecule has 1 aliphatic heterocycles. The van der Waals surface area contributed by atoms with Crippen LogP contribution in [0.15, 0.2) is 42.5 Å². The molecule has 0 saturated carbocycles. The van der Waals surface area contributed by atoms with Gasteiger partial charge in [-0.2, -0.15) is 0 Å². The molecule has 0 aliphatic carbocycles. The minimum absolute atomic E-state index is 0.216. The largest absolute Gasteiger partial charge is 0.497 e. The maximum atomic E-state index is 13.1. The molecular formula is C19H22FN3O2S. The molecule has 0 amide bonds. The van der Waals surface area contributed by atoms with Gasteiger partial charge in [-0.1, -0.05) is 0 Å². The fourth-order valence-electron chi connectivity index (χ4n) is 2.90. The highest BCUT2D eigenvalue weighted by molar-refractivity contribution is 7.80. The monoisotopic (exact) mass is 375 g/mol. The third-order valence-electron chi connectivity index (χ3n) is 4.36. The number of thiocarbonyl (C=S) groups is 1. The summed E-state index contributed by atoms with van der Waals surface area (Å²) < 4.78 is 23.6. The van der Waals surface area contributed by atoms with Crippen LogP contribution >= 0.6 is 12.2 Å². The molecular weight excluding hydrogens is 353 g/mol. The topological polar surface area (TPSA) is 37.0 Å². The molecule has 0 atom stereocenters. The Hall–Kier alpha value is -2.54. The first kappa shape index (κ1) is 18.3. The predicted molar refractivity (Wildman–Crippen MR) is 106 cm³/mol. The van der Waals surface area contributed by atoms with Crippen molar-refractivity contribution in [1.82, 2.24) is 4.90 Å². The minimum atomic E-state index is -0.216. The predicted octanol–water partition coefficient (Wildman–Crippen LogP) is 3.36. The Balaban J connectivity index is 1.59. The van der Waals surface area contributed by atoms with Gasteiger partial charge >= 0.3 is 0 Å². The number of piperazine rings is 1. The Bertz CT molecular complexity index is 740. The highest BCUT2D eigenvalue weighted by Crippen LogP contribution is 2.26. The number of nitrogens with zero attached hydrogens (tertiary/aromatic N) is 2. The van der Waals surface area contributed by atoms with Crippen LogP contribution in [0.2, 0.25) is 0 Å². The van der Waals surface area contributed by atoms with Gasteiger partial charge in [0, 0.05) is 55.8 Å². The zero-order chi connectivity index (χ0) is 18.5. The first-order valence-corrected chi connectivity index (χ1v) is 8.79. The molecule has 0 aromatic heterocycles. The summed E-state index contributed by atoms with van der Waals surface area (Å²) in [5, 5.41) is 3.92. The number of nitrogens with one attached hydrogen (secondary N) is 1. The number of ether oxygens (including phenoxy) is 2. The van der Waals surface area contributed by atoms with E-state index >= 15 is 0 Å². The molecule has 3 rings (SSSR count). The zero-order valence-electron chi connectivity index (χ0n) is 14.9. The molecule has 138 valence electrons.